The largest absolute Gasteiger partial charge is 1.00 e. The maximum atomic E-state index is 9.43. The molecule has 0 unspecified atom stereocenters. The summed E-state index contributed by atoms with van der Waals surface area (Å²) in [5, 5.41) is 35.7. The quantitative estimate of drug-likeness (QED) is 0.485. The van der Waals surface area contributed by atoms with Crippen molar-refractivity contribution in [1.82, 2.24) is 4.98 Å². The summed E-state index contributed by atoms with van der Waals surface area (Å²) < 4.78 is 0. The van der Waals surface area contributed by atoms with Crippen LogP contribution in [0.2, 0.25) is 0 Å². The number of rotatable bonds is 0. The molecule has 2 aromatic rings. The summed E-state index contributed by atoms with van der Waals surface area (Å²) >= 11 is 0. The molecule has 1 heterocycles. The molecule has 0 aliphatic rings. The van der Waals surface area contributed by atoms with Crippen molar-refractivity contribution in [1.29, 1.82) is 0 Å². The fourth-order valence-corrected chi connectivity index (χ4v) is 1.23. The second-order valence-corrected chi connectivity index (χ2v) is 3.09. The van der Waals surface area contributed by atoms with E-state index in [0.717, 1.165) is 11.1 Å². The van der Waals surface area contributed by atoms with E-state index in [1.54, 1.807) is 6.07 Å². The molecular formula is C10H9BNNa3O4. The predicted octanol–water partition coefficient (Wildman–Crippen LogP) is -10.7. The van der Waals surface area contributed by atoms with Crippen LogP contribution in [0.3, 0.4) is 0 Å². The number of aromatic nitrogens is 1. The molecule has 0 aliphatic heterocycles. The average Bonchev–Trinajstić information content (AvgIpc) is 2.18. The Labute approximate surface area is 178 Å². The number of phenolic OH excluding ortho intramolecular Hbond substituents is 1. The predicted molar refractivity (Wildman–Crippen MR) is 53.9 cm³/mol. The number of pyridine rings is 1. The molecule has 1 aromatic heterocycles. The van der Waals surface area contributed by atoms with Crippen molar-refractivity contribution in [3.8, 4) is 5.75 Å². The third kappa shape index (κ3) is 9.84. The number of nitrogens with zero attached hydrogens (tertiary/aromatic N) is 1. The van der Waals surface area contributed by atoms with Crippen LogP contribution in [0.5, 0.6) is 5.75 Å². The Morgan fingerprint density at radius 3 is 2.05 bits per heavy atom. The summed E-state index contributed by atoms with van der Waals surface area (Å²) in [7, 11) is -2.92. The number of fused-ring (bicyclic) bond motifs is 1. The minimum atomic E-state index is -2.92. The molecule has 1 aromatic carbocycles. The van der Waals surface area contributed by atoms with Gasteiger partial charge in [-0.2, -0.15) is 0 Å². The zero-order valence-corrected chi connectivity index (χ0v) is 17.6. The second kappa shape index (κ2) is 13.1. The van der Waals surface area contributed by atoms with Crippen LogP contribution < -0.4 is 104 Å². The number of benzene rings is 1. The van der Waals surface area contributed by atoms with Gasteiger partial charge in [-0.3, -0.25) is 7.32 Å². The maximum absolute atomic E-state index is 9.43. The van der Waals surface area contributed by atoms with Crippen molar-refractivity contribution in [3.63, 3.8) is 0 Å². The van der Waals surface area contributed by atoms with Gasteiger partial charge in [0.05, 0.1) is 0 Å². The summed E-state index contributed by atoms with van der Waals surface area (Å²) in [5.74, 6) is 0.246. The van der Waals surface area contributed by atoms with E-state index in [9.17, 15) is 5.11 Å². The number of phenols is 1. The van der Waals surface area contributed by atoms with Crippen molar-refractivity contribution in [2.75, 3.05) is 0 Å². The molecule has 5 nitrogen and oxygen atoms in total. The molecule has 0 bridgehead atoms. The summed E-state index contributed by atoms with van der Waals surface area (Å²) in [4.78, 5) is 4.23. The average molecular weight is 287 g/mol. The van der Waals surface area contributed by atoms with Crippen molar-refractivity contribution >= 4 is 18.2 Å². The Bertz CT molecular complexity index is 485. The fraction of sp³-hybridized carbons (Fsp3) is 0.100. The third-order valence-electron chi connectivity index (χ3n) is 1.84. The first-order valence-corrected chi connectivity index (χ1v) is 4.53. The van der Waals surface area contributed by atoms with E-state index in [-0.39, 0.29) is 94.4 Å². The van der Waals surface area contributed by atoms with Crippen LogP contribution in [0.1, 0.15) is 5.69 Å². The van der Waals surface area contributed by atoms with E-state index in [1.165, 1.54) is 0 Å². The maximum Gasteiger partial charge on any atom is 1.00 e. The van der Waals surface area contributed by atoms with Crippen molar-refractivity contribution in [2.24, 2.45) is 0 Å². The Kier molecular flexibility index (Phi) is 17.4. The third-order valence-corrected chi connectivity index (χ3v) is 1.84. The van der Waals surface area contributed by atoms with Gasteiger partial charge in [-0.25, -0.2) is 4.98 Å². The SMILES string of the molecule is Cc1ccc2cccc(O)c2n1.[Na+].[Na+].[Na+].[O-]B([O-])[O-]. The van der Waals surface area contributed by atoms with Gasteiger partial charge in [-0.1, -0.05) is 18.2 Å². The molecule has 0 radical (unpaired) electrons. The van der Waals surface area contributed by atoms with Crippen LogP contribution in [-0.2, 0) is 0 Å². The van der Waals surface area contributed by atoms with E-state index >= 15 is 0 Å². The van der Waals surface area contributed by atoms with Crippen LogP contribution in [-0.4, -0.2) is 17.4 Å². The molecular weight excluding hydrogens is 278 g/mol. The van der Waals surface area contributed by atoms with E-state index in [4.69, 9.17) is 15.1 Å². The van der Waals surface area contributed by atoms with Crippen LogP contribution >= 0.6 is 0 Å². The summed E-state index contributed by atoms with van der Waals surface area (Å²) in [6.45, 7) is 1.91. The number of para-hydroxylation sites is 1. The van der Waals surface area contributed by atoms with Gasteiger partial charge in [0.1, 0.15) is 11.3 Å². The fourth-order valence-electron chi connectivity index (χ4n) is 1.23. The van der Waals surface area contributed by atoms with E-state index < -0.39 is 7.32 Å². The first kappa shape index (κ1) is 25.3. The van der Waals surface area contributed by atoms with Gasteiger partial charge in [0.25, 0.3) is 0 Å². The van der Waals surface area contributed by atoms with Crippen molar-refractivity contribution in [3.05, 3.63) is 36.0 Å². The Hall–Kier alpha value is 1.37. The number of hydrogen-bond acceptors (Lipinski definition) is 5. The Morgan fingerprint density at radius 2 is 1.53 bits per heavy atom. The van der Waals surface area contributed by atoms with Gasteiger partial charge >= 0.3 is 88.7 Å². The van der Waals surface area contributed by atoms with Gasteiger partial charge < -0.3 is 20.2 Å². The number of aryl methyl sites for hydroxylation is 1. The van der Waals surface area contributed by atoms with Crippen molar-refractivity contribution in [2.45, 2.75) is 6.92 Å². The Balaban J connectivity index is -0.000000329. The van der Waals surface area contributed by atoms with Gasteiger partial charge in [0, 0.05) is 11.1 Å². The zero-order chi connectivity index (χ0) is 12.1. The first-order valence-electron chi connectivity index (χ1n) is 4.53. The smallest absolute Gasteiger partial charge is 0.907 e. The molecule has 0 saturated carbocycles. The van der Waals surface area contributed by atoms with Crippen LogP contribution in [0, 0.1) is 6.92 Å². The minimum absolute atomic E-state index is 0. The standard InChI is InChI=1S/C10H9NO.BO3.3Na/c1-7-5-6-8-3-2-4-9(12)10(8)11-7;2-1(3)4;;;/h2-6,12H,1H3;;;;/q;-3;3*+1. The molecule has 0 fully saturated rings. The van der Waals surface area contributed by atoms with Gasteiger partial charge in [-0.15, -0.1) is 0 Å². The minimum Gasteiger partial charge on any atom is -0.907 e. The molecule has 19 heavy (non-hydrogen) atoms. The number of hydrogen-bond donors (Lipinski definition) is 1. The second-order valence-electron chi connectivity index (χ2n) is 3.09. The molecule has 1 N–H and O–H groups in total. The molecule has 9 heteroatoms. The monoisotopic (exact) mass is 287 g/mol. The summed E-state index contributed by atoms with van der Waals surface area (Å²) in [5.41, 5.74) is 1.60. The Morgan fingerprint density at radius 1 is 1.00 bits per heavy atom. The molecule has 0 aliphatic carbocycles. The van der Waals surface area contributed by atoms with Crippen molar-refractivity contribution < 1.29 is 109 Å². The summed E-state index contributed by atoms with van der Waals surface area (Å²) in [6.07, 6.45) is 0. The van der Waals surface area contributed by atoms with Crippen LogP contribution in [0.4, 0.5) is 0 Å². The molecule has 0 amide bonds. The normalized spacial score (nSPS) is 8.00. The first-order chi connectivity index (χ1) is 7.50. The van der Waals surface area contributed by atoms with Crippen LogP contribution in [0.15, 0.2) is 30.3 Å². The van der Waals surface area contributed by atoms with E-state index in [2.05, 4.69) is 4.98 Å². The topological polar surface area (TPSA) is 102 Å². The molecule has 0 spiro atoms. The number of aromatic hydroxyl groups is 1. The van der Waals surface area contributed by atoms with Gasteiger partial charge in [0.15, 0.2) is 0 Å². The molecule has 84 valence electrons. The van der Waals surface area contributed by atoms with E-state index in [0.29, 0.717) is 5.52 Å². The van der Waals surface area contributed by atoms with Crippen LogP contribution in [0.25, 0.3) is 10.9 Å². The zero-order valence-electron chi connectivity index (χ0n) is 11.6. The summed E-state index contributed by atoms with van der Waals surface area (Å²) in [6, 6.07) is 9.28. The molecule has 0 saturated heterocycles. The molecule has 0 atom stereocenters. The van der Waals surface area contributed by atoms with Gasteiger partial charge in [-0.05, 0) is 19.1 Å². The van der Waals surface area contributed by atoms with E-state index in [1.807, 2.05) is 31.2 Å². The van der Waals surface area contributed by atoms with Gasteiger partial charge in [0.2, 0.25) is 0 Å². The molecule has 2 rings (SSSR count).